The van der Waals surface area contributed by atoms with Crippen LogP contribution in [-0.4, -0.2) is 25.0 Å². The zero-order chi connectivity index (χ0) is 15.5. The van der Waals surface area contributed by atoms with Crippen LogP contribution in [0.1, 0.15) is 29.6 Å². The summed E-state index contributed by atoms with van der Waals surface area (Å²) in [5.41, 5.74) is 0.559. The molecule has 0 radical (unpaired) electrons. The van der Waals surface area contributed by atoms with Gasteiger partial charge >= 0.3 is 5.97 Å². The largest absolute Gasteiger partial charge is 0.467 e. The van der Waals surface area contributed by atoms with E-state index in [1.165, 1.54) is 7.11 Å². The third-order valence-corrected chi connectivity index (χ3v) is 4.07. The number of amides is 1. The van der Waals surface area contributed by atoms with Gasteiger partial charge in [0.15, 0.2) is 0 Å². The van der Waals surface area contributed by atoms with Crippen LogP contribution in [0.2, 0.25) is 0 Å². The highest BCUT2D eigenvalue weighted by Gasteiger charge is 2.31. The van der Waals surface area contributed by atoms with E-state index in [9.17, 15) is 9.59 Å². The average Bonchev–Trinajstić information content (AvgIpc) is 3.37. The fourth-order valence-corrected chi connectivity index (χ4v) is 2.62. The molecule has 0 aromatic heterocycles. The molecule has 4 nitrogen and oxygen atoms in total. The van der Waals surface area contributed by atoms with Crippen LogP contribution < -0.4 is 5.32 Å². The third kappa shape index (κ3) is 3.27. The molecule has 1 fully saturated rings. The van der Waals surface area contributed by atoms with Gasteiger partial charge in [0, 0.05) is 5.56 Å². The Balaban J connectivity index is 1.76. The van der Waals surface area contributed by atoms with Gasteiger partial charge in [-0.3, -0.25) is 4.79 Å². The van der Waals surface area contributed by atoms with Crippen molar-refractivity contribution in [1.82, 2.24) is 5.32 Å². The van der Waals surface area contributed by atoms with Crippen LogP contribution in [0, 0.1) is 5.92 Å². The molecule has 1 aliphatic rings. The van der Waals surface area contributed by atoms with E-state index in [-0.39, 0.29) is 11.9 Å². The molecule has 0 bridgehead atoms. The lowest BCUT2D eigenvalue weighted by Crippen LogP contribution is -2.41. The first-order valence-corrected chi connectivity index (χ1v) is 7.55. The molecule has 0 heterocycles. The van der Waals surface area contributed by atoms with Crippen LogP contribution in [0.4, 0.5) is 0 Å². The Kier molecular flexibility index (Phi) is 4.09. The van der Waals surface area contributed by atoms with Crippen molar-refractivity contribution in [2.75, 3.05) is 7.11 Å². The van der Waals surface area contributed by atoms with Crippen molar-refractivity contribution in [3.63, 3.8) is 0 Å². The second kappa shape index (κ2) is 6.18. The summed E-state index contributed by atoms with van der Waals surface area (Å²) >= 11 is 0. The van der Waals surface area contributed by atoms with E-state index in [0.29, 0.717) is 17.9 Å². The van der Waals surface area contributed by atoms with Crippen molar-refractivity contribution in [2.24, 2.45) is 5.92 Å². The van der Waals surface area contributed by atoms with Gasteiger partial charge in [0.25, 0.3) is 5.91 Å². The second-order valence-electron chi connectivity index (χ2n) is 5.79. The maximum Gasteiger partial charge on any atom is 0.328 e. The van der Waals surface area contributed by atoms with Gasteiger partial charge in [0.1, 0.15) is 6.04 Å². The van der Waals surface area contributed by atoms with Gasteiger partial charge in [0.05, 0.1) is 7.11 Å². The Morgan fingerprint density at radius 3 is 2.59 bits per heavy atom. The minimum atomic E-state index is -0.559. The predicted octanol–water partition coefficient (Wildman–Crippen LogP) is 2.91. The summed E-state index contributed by atoms with van der Waals surface area (Å²) in [7, 11) is 1.35. The van der Waals surface area contributed by atoms with Gasteiger partial charge in [-0.15, -0.1) is 0 Å². The number of hydrogen-bond acceptors (Lipinski definition) is 3. The summed E-state index contributed by atoms with van der Waals surface area (Å²) in [6.07, 6.45) is 2.91. The molecule has 0 saturated heterocycles. The molecule has 1 N–H and O–H groups in total. The van der Waals surface area contributed by atoms with Crippen molar-refractivity contribution in [2.45, 2.75) is 25.3 Å². The van der Waals surface area contributed by atoms with Crippen LogP contribution in [0.5, 0.6) is 0 Å². The van der Waals surface area contributed by atoms with Gasteiger partial charge < -0.3 is 10.1 Å². The maximum absolute atomic E-state index is 12.4. The lowest BCUT2D eigenvalue weighted by molar-refractivity contribution is -0.143. The number of rotatable bonds is 5. The van der Waals surface area contributed by atoms with Crippen molar-refractivity contribution in [3.05, 3.63) is 48.0 Å². The van der Waals surface area contributed by atoms with Gasteiger partial charge in [0.2, 0.25) is 0 Å². The molecule has 1 aliphatic carbocycles. The van der Waals surface area contributed by atoms with E-state index in [1.807, 2.05) is 36.4 Å². The minimum Gasteiger partial charge on any atom is -0.467 e. The number of carbonyl (C=O) groups is 2. The molecule has 2 aromatic rings. The van der Waals surface area contributed by atoms with Crippen LogP contribution in [0.3, 0.4) is 0 Å². The topological polar surface area (TPSA) is 55.4 Å². The number of carbonyl (C=O) groups excluding carboxylic acids is 2. The number of hydrogen-bond donors (Lipinski definition) is 1. The summed E-state index contributed by atoms with van der Waals surface area (Å²) in [5, 5.41) is 4.90. The van der Waals surface area contributed by atoms with E-state index < -0.39 is 6.04 Å². The van der Waals surface area contributed by atoms with E-state index in [0.717, 1.165) is 23.6 Å². The molecule has 0 spiro atoms. The highest BCUT2D eigenvalue weighted by atomic mass is 16.5. The van der Waals surface area contributed by atoms with Crippen molar-refractivity contribution in [1.29, 1.82) is 0 Å². The number of esters is 1. The molecule has 1 amide bonds. The summed E-state index contributed by atoms with van der Waals surface area (Å²) in [5.74, 6) is -0.0798. The number of methoxy groups -OCH3 is 1. The van der Waals surface area contributed by atoms with Crippen LogP contribution in [0.15, 0.2) is 42.5 Å². The monoisotopic (exact) mass is 297 g/mol. The summed E-state index contributed by atoms with van der Waals surface area (Å²) in [6.45, 7) is 0. The average molecular weight is 297 g/mol. The lowest BCUT2D eigenvalue weighted by atomic mass is 10.1. The zero-order valence-electron chi connectivity index (χ0n) is 12.5. The highest BCUT2D eigenvalue weighted by Crippen LogP contribution is 2.33. The van der Waals surface area contributed by atoms with Gasteiger partial charge in [-0.25, -0.2) is 4.79 Å². The molecule has 1 atom stereocenters. The molecular weight excluding hydrogens is 278 g/mol. The Morgan fingerprint density at radius 2 is 1.91 bits per heavy atom. The van der Waals surface area contributed by atoms with Gasteiger partial charge in [-0.1, -0.05) is 43.2 Å². The third-order valence-electron chi connectivity index (χ3n) is 4.07. The molecule has 2 aromatic carbocycles. The number of benzene rings is 2. The molecule has 3 rings (SSSR count). The van der Waals surface area contributed by atoms with Crippen LogP contribution >= 0.6 is 0 Å². The molecular formula is C18H19NO3. The summed E-state index contributed by atoms with van der Waals surface area (Å²) < 4.78 is 4.79. The highest BCUT2D eigenvalue weighted by molar-refractivity contribution is 6.00. The van der Waals surface area contributed by atoms with E-state index >= 15 is 0 Å². The lowest BCUT2D eigenvalue weighted by Gasteiger charge is -2.16. The van der Waals surface area contributed by atoms with Crippen molar-refractivity contribution in [3.8, 4) is 0 Å². The van der Waals surface area contributed by atoms with E-state index in [4.69, 9.17) is 4.74 Å². The Labute approximate surface area is 129 Å². The van der Waals surface area contributed by atoms with Crippen molar-refractivity contribution >= 4 is 22.6 Å². The second-order valence-corrected chi connectivity index (χ2v) is 5.79. The normalized spacial score (nSPS) is 15.3. The number of nitrogens with one attached hydrogen (secondary N) is 1. The van der Waals surface area contributed by atoms with Gasteiger partial charge in [-0.2, -0.15) is 0 Å². The number of fused-ring (bicyclic) bond motifs is 1. The Bertz CT molecular complexity index is 706. The molecule has 22 heavy (non-hydrogen) atoms. The van der Waals surface area contributed by atoms with Crippen molar-refractivity contribution < 1.29 is 14.3 Å². The Hall–Kier alpha value is -2.36. The van der Waals surface area contributed by atoms with E-state index in [2.05, 4.69) is 5.32 Å². The quantitative estimate of drug-likeness (QED) is 0.863. The maximum atomic E-state index is 12.4. The van der Waals surface area contributed by atoms with Crippen LogP contribution in [-0.2, 0) is 9.53 Å². The molecule has 4 heteroatoms. The summed E-state index contributed by atoms with van der Waals surface area (Å²) in [6, 6.07) is 12.9. The fourth-order valence-electron chi connectivity index (χ4n) is 2.62. The first-order chi connectivity index (χ1) is 10.7. The Morgan fingerprint density at radius 1 is 1.18 bits per heavy atom. The molecule has 0 unspecified atom stereocenters. The first-order valence-electron chi connectivity index (χ1n) is 7.55. The minimum absolute atomic E-state index is 0.234. The SMILES string of the molecule is COC(=O)[C@@H](CC1CC1)NC(=O)c1ccc2ccccc2c1. The predicted molar refractivity (Wildman–Crippen MR) is 84.6 cm³/mol. The smallest absolute Gasteiger partial charge is 0.328 e. The standard InChI is InChI=1S/C18H19NO3/c1-22-18(21)16(10-12-6-7-12)19-17(20)15-9-8-13-4-2-3-5-14(13)11-15/h2-5,8-9,11-12,16H,6-7,10H2,1H3,(H,19,20)/t16-/m1/s1. The fraction of sp³-hybridized carbons (Fsp3) is 0.333. The van der Waals surface area contributed by atoms with Gasteiger partial charge in [-0.05, 0) is 35.2 Å². The first kappa shape index (κ1) is 14.6. The molecule has 114 valence electrons. The van der Waals surface area contributed by atoms with E-state index in [1.54, 1.807) is 6.07 Å². The molecule has 1 saturated carbocycles. The zero-order valence-corrected chi connectivity index (χ0v) is 12.5. The molecule has 0 aliphatic heterocycles. The number of ether oxygens (including phenoxy) is 1. The summed E-state index contributed by atoms with van der Waals surface area (Å²) in [4.78, 5) is 24.2. The van der Waals surface area contributed by atoms with Crippen LogP contribution in [0.25, 0.3) is 10.8 Å².